The molecule has 1 aliphatic heterocycles. The predicted molar refractivity (Wildman–Crippen MR) is 184 cm³/mol. The SMILES string of the molecule is O=C1CC[C@@H](CNCc2ccc(-c3cccc(-c4cccc5c4cnn5Cc4ccc(CN[C@@H](CO)C(=O)O)cc4Cl)c3Cl)cc2)N1. The van der Waals surface area contributed by atoms with Gasteiger partial charge in [0.1, 0.15) is 6.04 Å². The largest absolute Gasteiger partial charge is 0.480 e. The van der Waals surface area contributed by atoms with Crippen molar-refractivity contribution in [2.75, 3.05) is 13.2 Å². The van der Waals surface area contributed by atoms with E-state index in [9.17, 15) is 14.7 Å². The number of carboxylic acids is 1. The normalized spacial score (nSPS) is 15.2. The number of aromatic nitrogens is 2. The highest BCUT2D eigenvalue weighted by Gasteiger charge is 2.20. The Kier molecular flexibility index (Phi) is 10.2. The first-order valence-corrected chi connectivity index (χ1v) is 16.2. The molecule has 0 radical (unpaired) electrons. The second kappa shape index (κ2) is 14.7. The minimum Gasteiger partial charge on any atom is -0.480 e. The number of amides is 1. The molecule has 2 atom stereocenters. The fourth-order valence-electron chi connectivity index (χ4n) is 5.91. The van der Waals surface area contributed by atoms with Crippen molar-refractivity contribution >= 4 is 46.0 Å². The van der Waals surface area contributed by atoms with Crippen molar-refractivity contribution in [2.24, 2.45) is 0 Å². The van der Waals surface area contributed by atoms with Crippen LogP contribution in [0.3, 0.4) is 0 Å². The van der Waals surface area contributed by atoms with Gasteiger partial charge in [-0.05, 0) is 46.4 Å². The second-order valence-corrected chi connectivity index (χ2v) is 12.5. The molecule has 0 spiro atoms. The highest BCUT2D eigenvalue weighted by atomic mass is 35.5. The van der Waals surface area contributed by atoms with Crippen molar-refractivity contribution in [3.8, 4) is 22.3 Å². The monoisotopic (exact) mass is 671 g/mol. The topological polar surface area (TPSA) is 129 Å². The standard InChI is InChI=1S/C36H35Cl2N5O4/c37-31-15-23(17-40-32(21-44)36(46)47)9-12-25(31)20-43-33-6-2-4-28(30(33)19-41-43)29-5-1-3-27(35(29)38)24-10-7-22(8-11-24)16-39-18-26-13-14-34(45)42-26/h1-12,15,19,26,32,39-40,44H,13-14,16-18,20-21H2,(H,42,45)(H,46,47)/t26-,32-/m0/s1. The van der Waals surface area contributed by atoms with E-state index in [1.54, 1.807) is 6.07 Å². The van der Waals surface area contributed by atoms with Crippen LogP contribution in [0.1, 0.15) is 29.5 Å². The van der Waals surface area contributed by atoms with Crippen LogP contribution >= 0.6 is 23.2 Å². The van der Waals surface area contributed by atoms with E-state index in [0.29, 0.717) is 23.0 Å². The van der Waals surface area contributed by atoms with E-state index < -0.39 is 18.6 Å². The molecule has 5 aromatic rings. The van der Waals surface area contributed by atoms with Gasteiger partial charge in [0.25, 0.3) is 0 Å². The number of hydrogen-bond acceptors (Lipinski definition) is 6. The van der Waals surface area contributed by atoms with Gasteiger partial charge in [-0.1, -0.05) is 89.9 Å². The Morgan fingerprint density at radius 3 is 2.45 bits per heavy atom. The lowest BCUT2D eigenvalue weighted by Crippen LogP contribution is -2.39. The molecule has 0 saturated carbocycles. The number of carboxylic acid groups (broad SMARTS) is 1. The Morgan fingerprint density at radius 1 is 0.979 bits per heavy atom. The van der Waals surface area contributed by atoms with Crippen molar-refractivity contribution in [3.05, 3.63) is 112 Å². The predicted octanol–water partition coefficient (Wildman–Crippen LogP) is 5.63. The van der Waals surface area contributed by atoms with Crippen LogP contribution in [0.15, 0.2) is 85.1 Å². The molecular weight excluding hydrogens is 637 g/mol. The van der Waals surface area contributed by atoms with E-state index in [0.717, 1.165) is 69.4 Å². The van der Waals surface area contributed by atoms with Crippen molar-refractivity contribution < 1.29 is 19.8 Å². The van der Waals surface area contributed by atoms with Crippen LogP contribution in [0.2, 0.25) is 10.0 Å². The second-order valence-electron chi connectivity index (χ2n) is 11.7. The van der Waals surface area contributed by atoms with Gasteiger partial charge < -0.3 is 20.8 Å². The number of nitrogens with one attached hydrogen (secondary N) is 3. The molecule has 0 bridgehead atoms. The number of nitrogens with zero attached hydrogens (tertiary/aromatic N) is 2. The van der Waals surface area contributed by atoms with Gasteiger partial charge >= 0.3 is 5.97 Å². The van der Waals surface area contributed by atoms with Gasteiger partial charge in [0.05, 0.1) is 29.9 Å². The minimum atomic E-state index is -1.11. The maximum absolute atomic E-state index is 11.4. The van der Waals surface area contributed by atoms with Gasteiger partial charge in [0.15, 0.2) is 0 Å². The summed E-state index contributed by atoms with van der Waals surface area (Å²) in [6, 6.07) is 25.2. The highest BCUT2D eigenvalue weighted by molar-refractivity contribution is 6.36. The Labute approximate surface area is 282 Å². The zero-order valence-electron chi connectivity index (χ0n) is 25.5. The zero-order valence-corrected chi connectivity index (χ0v) is 27.1. The number of aliphatic hydroxyl groups is 1. The molecule has 0 aliphatic carbocycles. The number of halogens is 2. The average molecular weight is 673 g/mol. The van der Waals surface area contributed by atoms with Gasteiger partial charge in [0, 0.05) is 53.6 Å². The van der Waals surface area contributed by atoms with Gasteiger partial charge in [-0.25, -0.2) is 0 Å². The third kappa shape index (κ3) is 7.51. The molecule has 242 valence electrons. The highest BCUT2D eigenvalue weighted by Crippen LogP contribution is 2.39. The molecule has 1 fully saturated rings. The van der Waals surface area contributed by atoms with Crippen LogP contribution in [0.4, 0.5) is 0 Å². The van der Waals surface area contributed by atoms with Gasteiger partial charge in [-0.3, -0.25) is 19.6 Å². The Balaban J connectivity index is 1.17. The maximum Gasteiger partial charge on any atom is 0.323 e. The fraction of sp³-hybridized carbons (Fsp3) is 0.250. The van der Waals surface area contributed by atoms with E-state index in [4.69, 9.17) is 28.3 Å². The number of rotatable bonds is 13. The molecule has 9 nitrogen and oxygen atoms in total. The summed E-state index contributed by atoms with van der Waals surface area (Å²) in [6.07, 6.45) is 3.33. The molecule has 4 aromatic carbocycles. The average Bonchev–Trinajstić information content (AvgIpc) is 3.68. The quantitative estimate of drug-likeness (QED) is 0.110. The Hall–Kier alpha value is -4.25. The van der Waals surface area contributed by atoms with Crippen LogP contribution < -0.4 is 16.0 Å². The third-order valence-electron chi connectivity index (χ3n) is 8.52. The Morgan fingerprint density at radius 2 is 1.72 bits per heavy atom. The third-order valence-corrected chi connectivity index (χ3v) is 9.28. The number of hydrogen-bond donors (Lipinski definition) is 5. The molecule has 1 amide bonds. The summed E-state index contributed by atoms with van der Waals surface area (Å²) in [5.74, 6) is -0.984. The number of carbonyl (C=O) groups excluding carboxylic acids is 1. The summed E-state index contributed by atoms with van der Waals surface area (Å²) in [7, 11) is 0. The number of benzene rings is 4. The van der Waals surface area contributed by atoms with Crippen molar-refractivity contribution in [1.82, 2.24) is 25.7 Å². The van der Waals surface area contributed by atoms with Crippen molar-refractivity contribution in [2.45, 2.75) is 44.6 Å². The van der Waals surface area contributed by atoms with Crippen LogP contribution in [0, 0.1) is 0 Å². The summed E-state index contributed by atoms with van der Waals surface area (Å²) >= 11 is 13.7. The summed E-state index contributed by atoms with van der Waals surface area (Å²) in [4.78, 5) is 22.6. The lowest BCUT2D eigenvalue weighted by atomic mass is 9.96. The number of carbonyl (C=O) groups is 2. The molecule has 0 unspecified atom stereocenters. The van der Waals surface area contributed by atoms with Crippen molar-refractivity contribution in [1.29, 1.82) is 0 Å². The summed E-state index contributed by atoms with van der Waals surface area (Å²) in [5, 5.41) is 34.5. The smallest absolute Gasteiger partial charge is 0.323 e. The molecule has 5 N–H and O–H groups in total. The zero-order chi connectivity index (χ0) is 32.9. The molecule has 6 rings (SSSR count). The van der Waals surface area contributed by atoms with Crippen LogP contribution in [-0.2, 0) is 29.2 Å². The van der Waals surface area contributed by atoms with E-state index in [2.05, 4.69) is 45.3 Å². The van der Waals surface area contributed by atoms with Crippen LogP contribution in [-0.4, -0.2) is 57.1 Å². The molecule has 1 aromatic heterocycles. The molecule has 11 heteroatoms. The molecule has 1 saturated heterocycles. The maximum atomic E-state index is 11.4. The van der Waals surface area contributed by atoms with E-state index in [-0.39, 0.29) is 18.5 Å². The van der Waals surface area contributed by atoms with Gasteiger partial charge in [-0.2, -0.15) is 5.10 Å². The number of aliphatic carboxylic acids is 1. The minimum absolute atomic E-state index is 0.127. The number of fused-ring (bicyclic) bond motifs is 1. The summed E-state index contributed by atoms with van der Waals surface area (Å²) in [5.41, 5.74) is 7.62. The summed E-state index contributed by atoms with van der Waals surface area (Å²) in [6.45, 7) is 1.67. The lowest BCUT2D eigenvalue weighted by Gasteiger charge is -2.14. The first-order valence-electron chi connectivity index (χ1n) is 15.5. The first kappa shape index (κ1) is 32.7. The van der Waals surface area contributed by atoms with Crippen molar-refractivity contribution in [3.63, 3.8) is 0 Å². The van der Waals surface area contributed by atoms with E-state index in [1.807, 2.05) is 59.4 Å². The van der Waals surface area contributed by atoms with Gasteiger partial charge in [-0.15, -0.1) is 0 Å². The fourth-order valence-corrected chi connectivity index (χ4v) is 6.51. The summed E-state index contributed by atoms with van der Waals surface area (Å²) < 4.78 is 1.90. The first-order chi connectivity index (χ1) is 22.8. The van der Waals surface area contributed by atoms with Gasteiger partial charge in [0.2, 0.25) is 5.91 Å². The number of aliphatic hydroxyl groups excluding tert-OH is 1. The molecule has 2 heterocycles. The molecule has 47 heavy (non-hydrogen) atoms. The molecule has 1 aliphatic rings. The Bertz CT molecular complexity index is 1910. The van der Waals surface area contributed by atoms with E-state index >= 15 is 0 Å². The van der Waals surface area contributed by atoms with E-state index in [1.165, 1.54) is 0 Å². The van der Waals surface area contributed by atoms with Crippen LogP contribution in [0.25, 0.3) is 33.2 Å². The van der Waals surface area contributed by atoms with Crippen LogP contribution in [0.5, 0.6) is 0 Å². The lowest BCUT2D eigenvalue weighted by molar-refractivity contribution is -0.140. The molecular formula is C36H35Cl2N5O4.